The van der Waals surface area contributed by atoms with Crippen molar-refractivity contribution in [3.63, 3.8) is 0 Å². The molecule has 178 valence electrons. The Morgan fingerprint density at radius 3 is 2.44 bits per heavy atom. The van der Waals surface area contributed by atoms with E-state index < -0.39 is 15.8 Å². The number of benzene rings is 3. The number of rotatable bonds is 8. The monoisotopic (exact) mass is 486 g/mol. The third kappa shape index (κ3) is 5.76. The van der Waals surface area contributed by atoms with Crippen molar-refractivity contribution in [1.29, 1.82) is 0 Å². The summed E-state index contributed by atoms with van der Waals surface area (Å²) in [5, 5.41) is 2.72. The van der Waals surface area contributed by atoms with Crippen LogP contribution in [0.25, 0.3) is 0 Å². The van der Waals surface area contributed by atoms with E-state index in [0.717, 1.165) is 10.6 Å². The zero-order chi connectivity index (χ0) is 24.1. The molecule has 0 radical (unpaired) electrons. The van der Waals surface area contributed by atoms with Gasteiger partial charge in [0.25, 0.3) is 5.91 Å². The van der Waals surface area contributed by atoms with Gasteiger partial charge in [-0.2, -0.15) is 0 Å². The normalized spacial score (nSPS) is 12.6. The number of ether oxygens (including phenoxy) is 3. The Balaban J connectivity index is 1.37. The molecule has 0 fully saturated rings. The predicted molar refractivity (Wildman–Crippen MR) is 125 cm³/mol. The molecule has 1 aliphatic heterocycles. The Kier molecular flexibility index (Phi) is 6.87. The third-order valence-electron chi connectivity index (χ3n) is 4.99. The van der Waals surface area contributed by atoms with Gasteiger partial charge in [-0.15, -0.1) is 0 Å². The summed E-state index contributed by atoms with van der Waals surface area (Å²) in [7, 11) is -3.67. The standard InChI is InChI=1S/C24H23FN2O6S/c1-34(29,30)27(15-17-4-2-3-5-21(17)25)19-7-9-20(10-8-19)33-16-24(28)26-18-6-11-22-23(14-18)32-13-12-31-22/h2-11,14H,12-13,15-16H2,1H3,(H,26,28). The van der Waals surface area contributed by atoms with Crippen LogP contribution in [0.15, 0.2) is 66.7 Å². The molecule has 10 heteroatoms. The number of carbonyl (C=O) groups excluding carboxylic acids is 1. The van der Waals surface area contributed by atoms with Crippen molar-refractivity contribution >= 4 is 27.3 Å². The van der Waals surface area contributed by atoms with Crippen LogP contribution in [0.2, 0.25) is 0 Å². The molecule has 1 aliphatic rings. The van der Waals surface area contributed by atoms with Crippen LogP contribution in [0.5, 0.6) is 17.2 Å². The number of anilines is 2. The quantitative estimate of drug-likeness (QED) is 0.523. The maximum atomic E-state index is 14.0. The number of hydrogen-bond donors (Lipinski definition) is 1. The second-order valence-electron chi connectivity index (χ2n) is 7.55. The molecule has 1 N–H and O–H groups in total. The number of halogens is 1. The fourth-order valence-electron chi connectivity index (χ4n) is 3.36. The van der Waals surface area contributed by atoms with E-state index >= 15 is 0 Å². The van der Waals surface area contributed by atoms with Crippen molar-refractivity contribution in [2.75, 3.05) is 35.7 Å². The Morgan fingerprint density at radius 2 is 1.74 bits per heavy atom. The Bertz CT molecular complexity index is 1280. The van der Waals surface area contributed by atoms with Crippen LogP contribution in [0.1, 0.15) is 5.56 Å². The van der Waals surface area contributed by atoms with Gasteiger partial charge >= 0.3 is 0 Å². The molecule has 4 rings (SSSR count). The van der Waals surface area contributed by atoms with Gasteiger partial charge < -0.3 is 19.5 Å². The molecular formula is C24H23FN2O6S. The highest BCUT2D eigenvalue weighted by Crippen LogP contribution is 2.32. The van der Waals surface area contributed by atoms with Crippen LogP contribution in [-0.2, 0) is 21.4 Å². The lowest BCUT2D eigenvalue weighted by atomic mass is 10.2. The molecule has 0 saturated carbocycles. The number of hydrogen-bond acceptors (Lipinski definition) is 6. The van der Waals surface area contributed by atoms with Gasteiger partial charge in [-0.25, -0.2) is 12.8 Å². The second-order valence-corrected chi connectivity index (χ2v) is 9.46. The van der Waals surface area contributed by atoms with Crippen LogP contribution in [0, 0.1) is 5.82 Å². The summed E-state index contributed by atoms with van der Waals surface area (Å²) in [6.07, 6.45) is 1.06. The molecule has 3 aromatic carbocycles. The highest BCUT2D eigenvalue weighted by molar-refractivity contribution is 7.92. The van der Waals surface area contributed by atoms with Crippen molar-refractivity contribution in [1.82, 2.24) is 0 Å². The average molecular weight is 487 g/mol. The van der Waals surface area contributed by atoms with Gasteiger partial charge in [-0.1, -0.05) is 18.2 Å². The number of carbonyl (C=O) groups is 1. The van der Waals surface area contributed by atoms with Crippen LogP contribution in [0.4, 0.5) is 15.8 Å². The van der Waals surface area contributed by atoms with Crippen LogP contribution < -0.4 is 23.8 Å². The van der Waals surface area contributed by atoms with Crippen molar-refractivity contribution < 1.29 is 31.8 Å². The lowest BCUT2D eigenvalue weighted by Crippen LogP contribution is -2.29. The first-order valence-electron chi connectivity index (χ1n) is 10.4. The first kappa shape index (κ1) is 23.4. The van der Waals surface area contributed by atoms with E-state index in [2.05, 4.69) is 5.32 Å². The SMILES string of the molecule is CS(=O)(=O)N(Cc1ccccc1F)c1ccc(OCC(=O)Nc2ccc3c(c2)OCCO3)cc1. The first-order valence-corrected chi connectivity index (χ1v) is 12.3. The lowest BCUT2D eigenvalue weighted by molar-refractivity contribution is -0.118. The van der Waals surface area contributed by atoms with Crippen LogP contribution in [0.3, 0.4) is 0 Å². The third-order valence-corrected chi connectivity index (χ3v) is 6.13. The number of fused-ring (bicyclic) bond motifs is 1. The summed E-state index contributed by atoms with van der Waals surface area (Å²) in [4.78, 5) is 12.3. The van der Waals surface area contributed by atoms with E-state index in [1.807, 2.05) is 0 Å². The highest BCUT2D eigenvalue weighted by Gasteiger charge is 2.19. The number of nitrogens with one attached hydrogen (secondary N) is 1. The van der Waals surface area contributed by atoms with E-state index in [1.165, 1.54) is 24.3 Å². The minimum atomic E-state index is -3.67. The Morgan fingerprint density at radius 1 is 1.03 bits per heavy atom. The lowest BCUT2D eigenvalue weighted by Gasteiger charge is -2.23. The zero-order valence-corrected chi connectivity index (χ0v) is 19.2. The average Bonchev–Trinajstić information content (AvgIpc) is 2.82. The second kappa shape index (κ2) is 10.0. The van der Waals surface area contributed by atoms with E-state index in [4.69, 9.17) is 14.2 Å². The summed E-state index contributed by atoms with van der Waals surface area (Å²) >= 11 is 0. The molecule has 0 unspecified atom stereocenters. The molecule has 0 aliphatic carbocycles. The molecule has 0 aromatic heterocycles. The fourth-order valence-corrected chi connectivity index (χ4v) is 4.24. The largest absolute Gasteiger partial charge is 0.486 e. The number of amides is 1. The van der Waals surface area contributed by atoms with E-state index in [1.54, 1.807) is 42.5 Å². The molecule has 0 bridgehead atoms. The van der Waals surface area contributed by atoms with Gasteiger partial charge in [0.2, 0.25) is 10.0 Å². The molecule has 1 heterocycles. The molecule has 0 saturated heterocycles. The summed E-state index contributed by atoms with van der Waals surface area (Å²) < 4.78 is 56.2. The minimum Gasteiger partial charge on any atom is -0.486 e. The van der Waals surface area contributed by atoms with Gasteiger partial charge in [0.1, 0.15) is 24.8 Å². The Hall–Kier alpha value is -3.79. The summed E-state index contributed by atoms with van der Waals surface area (Å²) in [5.41, 5.74) is 1.15. The summed E-state index contributed by atoms with van der Waals surface area (Å²) in [6.45, 7) is 0.527. The van der Waals surface area contributed by atoms with Crippen molar-refractivity contribution in [2.24, 2.45) is 0 Å². The molecular weight excluding hydrogens is 463 g/mol. The highest BCUT2D eigenvalue weighted by atomic mass is 32.2. The maximum Gasteiger partial charge on any atom is 0.262 e. The first-order chi connectivity index (χ1) is 16.3. The number of nitrogens with zero attached hydrogens (tertiary/aromatic N) is 1. The van der Waals surface area contributed by atoms with Crippen molar-refractivity contribution in [3.05, 3.63) is 78.1 Å². The zero-order valence-electron chi connectivity index (χ0n) is 18.4. The Labute approximate surface area is 196 Å². The molecule has 0 atom stereocenters. The smallest absolute Gasteiger partial charge is 0.262 e. The summed E-state index contributed by atoms with van der Waals surface area (Å²) in [5.74, 6) is 0.698. The van der Waals surface area contributed by atoms with E-state index in [-0.39, 0.29) is 24.6 Å². The van der Waals surface area contributed by atoms with Gasteiger partial charge in [0, 0.05) is 17.3 Å². The number of sulfonamides is 1. The predicted octanol–water partition coefficient (Wildman–Crippen LogP) is 3.58. The van der Waals surface area contributed by atoms with Gasteiger partial charge in [-0.3, -0.25) is 9.10 Å². The molecule has 34 heavy (non-hydrogen) atoms. The minimum absolute atomic E-state index is 0.149. The molecule has 1 amide bonds. The van der Waals surface area contributed by atoms with E-state index in [9.17, 15) is 17.6 Å². The fraction of sp³-hybridized carbons (Fsp3) is 0.208. The van der Waals surface area contributed by atoms with Crippen LogP contribution >= 0.6 is 0 Å². The molecule has 0 spiro atoms. The van der Waals surface area contributed by atoms with Gasteiger partial charge in [-0.05, 0) is 42.5 Å². The molecule has 3 aromatic rings. The van der Waals surface area contributed by atoms with Gasteiger partial charge in [0.05, 0.1) is 18.5 Å². The molecule has 8 nitrogen and oxygen atoms in total. The topological polar surface area (TPSA) is 94.2 Å². The maximum absolute atomic E-state index is 14.0. The summed E-state index contributed by atoms with van der Waals surface area (Å²) in [6, 6.07) is 17.3. The van der Waals surface area contributed by atoms with Gasteiger partial charge in [0.15, 0.2) is 18.1 Å². The van der Waals surface area contributed by atoms with Crippen LogP contribution in [-0.4, -0.2) is 40.4 Å². The van der Waals surface area contributed by atoms with E-state index in [0.29, 0.717) is 41.8 Å². The van der Waals surface area contributed by atoms with Crippen molar-refractivity contribution in [3.8, 4) is 17.2 Å². The van der Waals surface area contributed by atoms with Crippen molar-refractivity contribution in [2.45, 2.75) is 6.54 Å².